The number of carbonyl (C=O) groups excluding carboxylic acids is 3. The van der Waals surface area contributed by atoms with Crippen molar-refractivity contribution in [1.29, 1.82) is 0 Å². The average molecular weight is 564 g/mol. The lowest BCUT2D eigenvalue weighted by atomic mass is 10.1. The Labute approximate surface area is 223 Å². The van der Waals surface area contributed by atoms with Crippen molar-refractivity contribution in [2.45, 2.75) is 19.4 Å². The van der Waals surface area contributed by atoms with Gasteiger partial charge in [-0.25, -0.2) is 14.3 Å². The summed E-state index contributed by atoms with van der Waals surface area (Å²) in [6, 6.07) is 18.2. The van der Waals surface area contributed by atoms with Crippen LogP contribution in [-0.2, 0) is 21.0 Å². The van der Waals surface area contributed by atoms with E-state index in [-0.39, 0.29) is 35.4 Å². The molecule has 5 rings (SSSR count). The lowest BCUT2D eigenvalue weighted by molar-refractivity contribution is -0.688. The zero-order valence-electron chi connectivity index (χ0n) is 19.8. The van der Waals surface area contributed by atoms with Gasteiger partial charge in [-0.1, -0.05) is 12.1 Å². The molecule has 2 aromatic heterocycles. The summed E-state index contributed by atoms with van der Waals surface area (Å²) in [5.74, 6) is 0.154. The summed E-state index contributed by atoms with van der Waals surface area (Å²) in [6.45, 7) is 0.492. The monoisotopic (exact) mass is 563 g/mol. The molecule has 0 unspecified atom stereocenters. The second kappa shape index (κ2) is 11.2. The smallest absolute Gasteiger partial charge is 0.363 e. The molecular formula is C27H22BrN3O6. The number of imide groups is 1. The van der Waals surface area contributed by atoms with E-state index in [2.05, 4.69) is 4.98 Å². The largest absolute Gasteiger partial charge is 1.00 e. The Bertz CT molecular complexity index is 1420. The first-order valence-electron chi connectivity index (χ1n) is 11.3. The highest BCUT2D eigenvalue weighted by atomic mass is 79.9. The van der Waals surface area contributed by atoms with Crippen LogP contribution in [0.25, 0.3) is 22.8 Å². The van der Waals surface area contributed by atoms with Crippen LogP contribution in [0.3, 0.4) is 0 Å². The van der Waals surface area contributed by atoms with Crippen molar-refractivity contribution in [3.05, 3.63) is 90.4 Å². The average Bonchev–Trinajstić information content (AvgIpc) is 3.52. The van der Waals surface area contributed by atoms with Gasteiger partial charge in [-0.3, -0.25) is 9.59 Å². The van der Waals surface area contributed by atoms with E-state index in [1.807, 2.05) is 59.4 Å². The molecule has 4 aromatic rings. The lowest BCUT2D eigenvalue weighted by Gasteiger charge is -2.12. The molecule has 0 spiro atoms. The van der Waals surface area contributed by atoms with Gasteiger partial charge in [0, 0.05) is 41.7 Å². The number of methoxy groups -OCH3 is 1. The quantitative estimate of drug-likeness (QED) is 0.239. The lowest BCUT2D eigenvalue weighted by Crippen LogP contribution is -3.00. The van der Waals surface area contributed by atoms with E-state index >= 15 is 0 Å². The van der Waals surface area contributed by atoms with Crippen LogP contribution >= 0.6 is 0 Å². The summed E-state index contributed by atoms with van der Waals surface area (Å²) in [7, 11) is 1.62. The minimum Gasteiger partial charge on any atom is -1.00 e. The molecule has 1 fully saturated rings. The Morgan fingerprint density at radius 1 is 1.00 bits per heavy atom. The number of pyridine rings is 1. The zero-order valence-corrected chi connectivity index (χ0v) is 21.4. The van der Waals surface area contributed by atoms with Crippen LogP contribution in [0.1, 0.15) is 28.8 Å². The number of benzene rings is 2. The Hall–Kier alpha value is -4.31. The first kappa shape index (κ1) is 25.8. The highest BCUT2D eigenvalue weighted by Crippen LogP contribution is 2.27. The van der Waals surface area contributed by atoms with Gasteiger partial charge < -0.3 is 31.0 Å². The van der Waals surface area contributed by atoms with E-state index in [1.165, 1.54) is 0 Å². The van der Waals surface area contributed by atoms with E-state index in [9.17, 15) is 14.4 Å². The Kier molecular flexibility index (Phi) is 7.78. The molecule has 0 bridgehead atoms. The summed E-state index contributed by atoms with van der Waals surface area (Å²) in [5, 5.41) is 0.547. The molecule has 1 saturated heterocycles. The maximum Gasteiger partial charge on any atom is 0.363 e. The second-order valence-corrected chi connectivity index (χ2v) is 8.18. The summed E-state index contributed by atoms with van der Waals surface area (Å²) >= 11 is 0. The number of halogens is 1. The molecule has 1 aliphatic rings. The fourth-order valence-electron chi connectivity index (χ4n) is 3.80. The number of aromatic nitrogens is 2. The molecule has 0 N–H and O–H groups in total. The number of hydrogen-bond donors (Lipinski definition) is 0. The van der Waals surface area contributed by atoms with Crippen LogP contribution in [0.5, 0.6) is 5.75 Å². The van der Waals surface area contributed by atoms with Gasteiger partial charge in [-0.15, -0.1) is 5.06 Å². The number of hydroxylamine groups is 2. The van der Waals surface area contributed by atoms with Crippen molar-refractivity contribution in [3.63, 3.8) is 0 Å². The third-order valence-corrected chi connectivity index (χ3v) is 5.73. The third kappa shape index (κ3) is 5.75. The first-order chi connectivity index (χ1) is 17.5. The third-order valence-electron chi connectivity index (χ3n) is 5.73. The highest BCUT2D eigenvalue weighted by Gasteiger charge is 2.33. The van der Waals surface area contributed by atoms with Crippen molar-refractivity contribution in [1.82, 2.24) is 10.0 Å². The van der Waals surface area contributed by atoms with Crippen molar-refractivity contribution >= 4 is 17.8 Å². The SMILES string of the molecule is COc1ccc(-c2cnc(-c3cc[n+](Cc4cccc(C(=O)ON5C(=O)CCC5=O)c4)cc3)o2)cc1.[Br-]. The fraction of sp³-hybridized carbons (Fsp3) is 0.148. The van der Waals surface area contributed by atoms with Gasteiger partial charge in [0.25, 0.3) is 11.8 Å². The number of hydrogen-bond acceptors (Lipinski definition) is 7. The molecule has 2 aromatic carbocycles. The van der Waals surface area contributed by atoms with E-state index in [0.717, 1.165) is 22.4 Å². The minimum atomic E-state index is -0.752. The maximum absolute atomic E-state index is 12.4. The van der Waals surface area contributed by atoms with Gasteiger partial charge >= 0.3 is 5.97 Å². The number of amides is 2. The minimum absolute atomic E-state index is 0. The van der Waals surface area contributed by atoms with Crippen molar-refractivity contribution < 1.29 is 49.9 Å². The van der Waals surface area contributed by atoms with E-state index in [0.29, 0.717) is 23.3 Å². The molecule has 2 amide bonds. The number of ether oxygens (including phenoxy) is 1. The Balaban J connectivity index is 0.00000320. The fourth-order valence-corrected chi connectivity index (χ4v) is 3.80. The van der Waals surface area contributed by atoms with Crippen LogP contribution in [-0.4, -0.2) is 34.9 Å². The topological polar surface area (TPSA) is 103 Å². The molecule has 188 valence electrons. The maximum atomic E-state index is 12.4. The normalized spacial score (nSPS) is 12.8. The molecule has 3 heterocycles. The molecule has 10 heteroatoms. The molecule has 1 aliphatic heterocycles. The Morgan fingerprint density at radius 2 is 1.70 bits per heavy atom. The first-order valence-corrected chi connectivity index (χ1v) is 11.3. The van der Waals surface area contributed by atoms with Crippen molar-refractivity contribution in [3.8, 4) is 28.5 Å². The van der Waals surface area contributed by atoms with Crippen LogP contribution in [0.15, 0.2) is 83.7 Å². The number of carbonyl (C=O) groups is 3. The molecule has 9 nitrogen and oxygen atoms in total. The summed E-state index contributed by atoms with van der Waals surface area (Å²) in [4.78, 5) is 45.2. The van der Waals surface area contributed by atoms with Gasteiger partial charge in [0.05, 0.1) is 18.9 Å². The second-order valence-electron chi connectivity index (χ2n) is 8.18. The van der Waals surface area contributed by atoms with Crippen molar-refractivity contribution in [2.75, 3.05) is 7.11 Å². The summed E-state index contributed by atoms with van der Waals surface area (Å²) in [5.41, 5.74) is 2.82. The molecule has 0 atom stereocenters. The molecule has 0 radical (unpaired) electrons. The van der Waals surface area contributed by atoms with Crippen LogP contribution < -0.4 is 26.3 Å². The van der Waals surface area contributed by atoms with E-state index in [1.54, 1.807) is 31.5 Å². The molecule has 0 saturated carbocycles. The predicted octanol–water partition coefficient (Wildman–Crippen LogP) is 0.578. The van der Waals surface area contributed by atoms with E-state index < -0.39 is 17.8 Å². The van der Waals surface area contributed by atoms with E-state index in [4.69, 9.17) is 14.0 Å². The predicted molar refractivity (Wildman–Crippen MR) is 126 cm³/mol. The summed E-state index contributed by atoms with van der Waals surface area (Å²) in [6.07, 6.45) is 5.56. The number of oxazole rings is 1. The Morgan fingerprint density at radius 3 is 2.38 bits per heavy atom. The van der Waals surface area contributed by atoms with Gasteiger partial charge in [0.2, 0.25) is 5.89 Å². The molecule has 37 heavy (non-hydrogen) atoms. The van der Waals surface area contributed by atoms with Gasteiger partial charge in [0.1, 0.15) is 5.75 Å². The van der Waals surface area contributed by atoms with Crippen LogP contribution in [0.2, 0.25) is 0 Å². The highest BCUT2D eigenvalue weighted by molar-refractivity contribution is 6.02. The van der Waals surface area contributed by atoms with Crippen LogP contribution in [0.4, 0.5) is 0 Å². The number of nitrogens with zero attached hydrogens (tertiary/aromatic N) is 3. The van der Waals surface area contributed by atoms with Gasteiger partial charge in [-0.2, -0.15) is 0 Å². The van der Waals surface area contributed by atoms with Gasteiger partial charge in [-0.05, 0) is 36.4 Å². The zero-order chi connectivity index (χ0) is 25.1. The van der Waals surface area contributed by atoms with Crippen molar-refractivity contribution in [2.24, 2.45) is 0 Å². The summed E-state index contributed by atoms with van der Waals surface area (Å²) < 4.78 is 13.1. The molecular weight excluding hydrogens is 542 g/mol. The van der Waals surface area contributed by atoms with Crippen LogP contribution in [0, 0.1) is 0 Å². The number of rotatable bonds is 7. The molecule has 0 aliphatic carbocycles. The standard InChI is InChI=1S/C27H22N3O6.BrH/c1-34-22-7-5-19(6-8-22)23-16-28-26(35-23)20-11-13-29(14-12-20)17-18-3-2-4-21(15-18)27(33)36-30-24(31)9-10-25(30)32;/h2-8,11-16H,9-10,17H2,1H3;1H/q+1;/p-1. The van der Waals surface area contributed by atoms with Gasteiger partial charge in [0.15, 0.2) is 24.7 Å².